The molecular formula is C19H21N5O4. The van der Waals surface area contributed by atoms with Crippen LogP contribution in [0.15, 0.2) is 24.4 Å². The number of hydrogen-bond donors (Lipinski definition) is 1. The number of rotatable bonds is 4. The first-order valence-corrected chi connectivity index (χ1v) is 8.90. The molecule has 0 aliphatic carbocycles. The van der Waals surface area contributed by atoms with E-state index in [9.17, 15) is 20.2 Å². The van der Waals surface area contributed by atoms with Gasteiger partial charge in [-0.05, 0) is 30.9 Å². The first-order chi connectivity index (χ1) is 13.4. The van der Waals surface area contributed by atoms with E-state index < -0.39 is 10.9 Å². The van der Waals surface area contributed by atoms with Gasteiger partial charge < -0.3 is 19.9 Å². The summed E-state index contributed by atoms with van der Waals surface area (Å²) in [4.78, 5) is 25.4. The fraction of sp³-hybridized carbons (Fsp3) is 0.368. The molecule has 146 valence electrons. The fourth-order valence-electron chi connectivity index (χ4n) is 3.44. The summed E-state index contributed by atoms with van der Waals surface area (Å²) in [6.07, 6.45) is 3.33. The minimum Gasteiger partial charge on any atom is -0.464 e. The van der Waals surface area contributed by atoms with Crippen molar-refractivity contribution in [1.29, 1.82) is 5.26 Å². The van der Waals surface area contributed by atoms with Gasteiger partial charge in [0.15, 0.2) is 5.69 Å². The number of esters is 1. The van der Waals surface area contributed by atoms with Gasteiger partial charge in [0.1, 0.15) is 11.8 Å². The van der Waals surface area contributed by atoms with Crippen molar-refractivity contribution in [1.82, 2.24) is 4.57 Å². The molecule has 0 saturated carbocycles. The number of nitrogens with zero attached hydrogens (tertiary/aromatic N) is 4. The van der Waals surface area contributed by atoms with E-state index in [1.807, 2.05) is 11.0 Å². The third-order valence-corrected chi connectivity index (χ3v) is 5.10. The van der Waals surface area contributed by atoms with Crippen LogP contribution in [-0.2, 0) is 4.74 Å². The Morgan fingerprint density at radius 2 is 2.07 bits per heavy atom. The average Bonchev–Trinajstić information content (AvgIpc) is 3.04. The zero-order valence-electron chi connectivity index (χ0n) is 15.7. The van der Waals surface area contributed by atoms with E-state index in [-0.39, 0.29) is 22.6 Å². The average molecular weight is 383 g/mol. The standard InChI is InChI=1S/C19H21N5O4/c1-12-5-7-22(8-6-12)15-4-3-14(9-16(15)24(26)27)23-11-13(10-20)17(21)18(23)19(25)28-2/h3-4,9,11-12H,5-8,21H2,1-2H3. The first kappa shape index (κ1) is 19.2. The van der Waals surface area contributed by atoms with E-state index in [1.54, 1.807) is 12.1 Å². The van der Waals surface area contributed by atoms with Crippen LogP contribution in [0.1, 0.15) is 35.8 Å². The van der Waals surface area contributed by atoms with Gasteiger partial charge in [0.25, 0.3) is 5.69 Å². The largest absolute Gasteiger partial charge is 0.464 e. The number of carbonyl (C=O) groups is 1. The number of methoxy groups -OCH3 is 1. The zero-order chi connectivity index (χ0) is 20.4. The third kappa shape index (κ3) is 3.36. The van der Waals surface area contributed by atoms with Crippen LogP contribution in [0.4, 0.5) is 17.1 Å². The Labute approximate surface area is 162 Å². The zero-order valence-corrected chi connectivity index (χ0v) is 15.7. The monoisotopic (exact) mass is 383 g/mol. The number of benzene rings is 1. The lowest BCUT2D eigenvalue weighted by Gasteiger charge is -2.31. The molecular weight excluding hydrogens is 362 g/mol. The number of piperidine rings is 1. The topological polar surface area (TPSA) is 127 Å². The molecule has 9 heteroatoms. The Kier molecular flexibility index (Phi) is 5.22. The summed E-state index contributed by atoms with van der Waals surface area (Å²) in [6, 6.07) is 6.65. The Balaban J connectivity index is 2.10. The Bertz CT molecular complexity index is 967. The molecule has 1 aliphatic heterocycles. The summed E-state index contributed by atoms with van der Waals surface area (Å²) in [5, 5.41) is 20.9. The van der Waals surface area contributed by atoms with Crippen LogP contribution in [0, 0.1) is 27.4 Å². The number of nitrogen functional groups attached to an aromatic ring is 1. The predicted octanol–water partition coefficient (Wildman–Crippen LogP) is 2.86. The highest BCUT2D eigenvalue weighted by Crippen LogP contribution is 2.34. The normalized spacial score (nSPS) is 14.5. The van der Waals surface area contributed by atoms with Gasteiger partial charge in [-0.15, -0.1) is 0 Å². The molecule has 2 aromatic rings. The smallest absolute Gasteiger partial charge is 0.357 e. The maximum absolute atomic E-state index is 12.1. The van der Waals surface area contributed by atoms with Crippen molar-refractivity contribution in [2.45, 2.75) is 19.8 Å². The van der Waals surface area contributed by atoms with E-state index in [1.165, 1.54) is 23.9 Å². The number of aromatic nitrogens is 1. The Morgan fingerprint density at radius 1 is 1.39 bits per heavy atom. The van der Waals surface area contributed by atoms with Crippen molar-refractivity contribution < 1.29 is 14.5 Å². The molecule has 1 aromatic heterocycles. The molecule has 2 N–H and O–H groups in total. The van der Waals surface area contributed by atoms with E-state index in [0.717, 1.165) is 25.9 Å². The molecule has 28 heavy (non-hydrogen) atoms. The summed E-state index contributed by atoms with van der Waals surface area (Å²) < 4.78 is 6.11. The number of hydrogen-bond acceptors (Lipinski definition) is 7. The van der Waals surface area contributed by atoms with E-state index in [2.05, 4.69) is 6.92 Å². The van der Waals surface area contributed by atoms with Crippen molar-refractivity contribution in [3.8, 4) is 11.8 Å². The molecule has 0 spiro atoms. The van der Waals surface area contributed by atoms with Crippen molar-refractivity contribution in [2.75, 3.05) is 30.8 Å². The van der Waals surface area contributed by atoms with Crippen LogP contribution in [-0.4, -0.2) is 35.7 Å². The molecule has 1 aromatic carbocycles. The highest BCUT2D eigenvalue weighted by atomic mass is 16.6. The van der Waals surface area contributed by atoms with Crippen molar-refractivity contribution in [2.24, 2.45) is 5.92 Å². The molecule has 1 saturated heterocycles. The number of ether oxygens (including phenoxy) is 1. The number of anilines is 2. The molecule has 0 atom stereocenters. The lowest BCUT2D eigenvalue weighted by atomic mass is 9.98. The number of nitriles is 1. The van der Waals surface area contributed by atoms with E-state index in [0.29, 0.717) is 17.3 Å². The molecule has 1 fully saturated rings. The van der Waals surface area contributed by atoms with Crippen LogP contribution in [0.3, 0.4) is 0 Å². The minimum absolute atomic E-state index is 0.0221. The highest BCUT2D eigenvalue weighted by molar-refractivity contribution is 5.96. The van der Waals surface area contributed by atoms with Gasteiger partial charge in [-0.3, -0.25) is 10.1 Å². The van der Waals surface area contributed by atoms with Gasteiger partial charge in [0, 0.05) is 25.4 Å². The fourth-order valence-corrected chi connectivity index (χ4v) is 3.44. The molecule has 2 heterocycles. The molecule has 3 rings (SSSR count). The van der Waals surface area contributed by atoms with Gasteiger partial charge in [0.05, 0.1) is 29.0 Å². The van der Waals surface area contributed by atoms with Crippen LogP contribution in [0.2, 0.25) is 0 Å². The highest BCUT2D eigenvalue weighted by Gasteiger charge is 2.26. The number of nitrogens with two attached hydrogens (primary N) is 1. The molecule has 0 radical (unpaired) electrons. The summed E-state index contributed by atoms with van der Waals surface area (Å²) >= 11 is 0. The second-order valence-electron chi connectivity index (χ2n) is 6.88. The van der Waals surface area contributed by atoms with Crippen molar-refractivity contribution in [3.05, 3.63) is 45.8 Å². The summed E-state index contributed by atoms with van der Waals surface area (Å²) in [6.45, 7) is 3.68. The summed E-state index contributed by atoms with van der Waals surface area (Å²) in [5.74, 6) is -0.125. The van der Waals surface area contributed by atoms with Gasteiger partial charge in [-0.1, -0.05) is 6.92 Å². The second kappa shape index (κ2) is 7.60. The predicted molar refractivity (Wildman–Crippen MR) is 104 cm³/mol. The van der Waals surface area contributed by atoms with Gasteiger partial charge in [-0.25, -0.2) is 4.79 Å². The SMILES string of the molecule is COC(=O)c1c(N)c(C#N)cn1-c1ccc(N2CCC(C)CC2)c([N+](=O)[O-])c1. The molecule has 9 nitrogen and oxygen atoms in total. The first-order valence-electron chi connectivity index (χ1n) is 8.90. The van der Waals surface area contributed by atoms with Gasteiger partial charge in [0.2, 0.25) is 0 Å². The molecule has 0 amide bonds. The Hall–Kier alpha value is -3.54. The van der Waals surface area contributed by atoms with Crippen molar-refractivity contribution in [3.63, 3.8) is 0 Å². The lowest BCUT2D eigenvalue weighted by Crippen LogP contribution is -2.33. The number of nitro benzene ring substituents is 1. The van der Waals surface area contributed by atoms with Gasteiger partial charge in [-0.2, -0.15) is 5.26 Å². The van der Waals surface area contributed by atoms with Crippen LogP contribution in [0.25, 0.3) is 5.69 Å². The minimum atomic E-state index is -0.726. The molecule has 0 bridgehead atoms. The lowest BCUT2D eigenvalue weighted by molar-refractivity contribution is -0.384. The van der Waals surface area contributed by atoms with Crippen molar-refractivity contribution >= 4 is 23.0 Å². The second-order valence-corrected chi connectivity index (χ2v) is 6.88. The van der Waals surface area contributed by atoms with Crippen LogP contribution in [0.5, 0.6) is 0 Å². The number of carbonyl (C=O) groups excluding carboxylic acids is 1. The summed E-state index contributed by atoms with van der Waals surface area (Å²) in [7, 11) is 1.20. The van der Waals surface area contributed by atoms with E-state index >= 15 is 0 Å². The van der Waals surface area contributed by atoms with Gasteiger partial charge >= 0.3 is 5.97 Å². The maximum Gasteiger partial charge on any atom is 0.357 e. The third-order valence-electron chi connectivity index (χ3n) is 5.10. The quantitative estimate of drug-likeness (QED) is 0.488. The summed E-state index contributed by atoms with van der Waals surface area (Å²) in [5.41, 5.74) is 6.77. The van der Waals surface area contributed by atoms with E-state index in [4.69, 9.17) is 10.5 Å². The maximum atomic E-state index is 12.1. The number of nitro groups is 1. The molecule has 1 aliphatic rings. The van der Waals surface area contributed by atoms with Crippen LogP contribution < -0.4 is 10.6 Å². The van der Waals surface area contributed by atoms with Crippen LogP contribution >= 0.6 is 0 Å². The Morgan fingerprint density at radius 3 is 2.64 bits per heavy atom. The molecule has 0 unspecified atom stereocenters.